The van der Waals surface area contributed by atoms with Gasteiger partial charge in [-0.15, -0.1) is 11.3 Å². The zero-order chi connectivity index (χ0) is 17.9. The monoisotopic (exact) mass is 375 g/mol. The SMILES string of the molecule is Cc1c(C(=O)NC2CC2)sc2ncnc(NCCCN3CCOCC3)c12. The molecule has 2 aliphatic rings. The third-order valence-electron chi connectivity index (χ3n) is 4.89. The number of hydrogen-bond donors (Lipinski definition) is 2. The number of morpholine rings is 1. The second kappa shape index (κ2) is 7.85. The van der Waals surface area contributed by atoms with Gasteiger partial charge in [-0.05, 0) is 38.3 Å². The maximum absolute atomic E-state index is 12.4. The van der Waals surface area contributed by atoms with Gasteiger partial charge < -0.3 is 15.4 Å². The van der Waals surface area contributed by atoms with Gasteiger partial charge in [0, 0.05) is 25.7 Å². The van der Waals surface area contributed by atoms with E-state index in [1.54, 1.807) is 6.33 Å². The third-order valence-corrected chi connectivity index (χ3v) is 6.09. The molecule has 4 rings (SSSR count). The third kappa shape index (κ3) is 3.97. The number of thiophene rings is 1. The molecule has 0 spiro atoms. The number of aromatic nitrogens is 2. The number of anilines is 1. The van der Waals surface area contributed by atoms with Gasteiger partial charge in [0.1, 0.15) is 17.0 Å². The lowest BCUT2D eigenvalue weighted by Crippen LogP contribution is -2.37. The Hall–Kier alpha value is -1.77. The number of ether oxygens (including phenoxy) is 1. The van der Waals surface area contributed by atoms with E-state index in [1.165, 1.54) is 11.3 Å². The van der Waals surface area contributed by atoms with Gasteiger partial charge in [0.25, 0.3) is 5.91 Å². The molecule has 0 bridgehead atoms. The van der Waals surface area contributed by atoms with E-state index in [-0.39, 0.29) is 5.91 Å². The van der Waals surface area contributed by atoms with Gasteiger partial charge in [-0.25, -0.2) is 9.97 Å². The largest absolute Gasteiger partial charge is 0.379 e. The maximum Gasteiger partial charge on any atom is 0.261 e. The number of carbonyl (C=O) groups is 1. The Bertz CT molecular complexity index is 783. The van der Waals surface area contributed by atoms with Gasteiger partial charge in [0.15, 0.2) is 0 Å². The molecule has 1 saturated heterocycles. The maximum atomic E-state index is 12.4. The first-order chi connectivity index (χ1) is 12.7. The van der Waals surface area contributed by atoms with Gasteiger partial charge in [-0.2, -0.15) is 0 Å². The Morgan fingerprint density at radius 1 is 1.35 bits per heavy atom. The fourth-order valence-electron chi connectivity index (χ4n) is 3.24. The van der Waals surface area contributed by atoms with Crippen molar-refractivity contribution in [2.75, 3.05) is 44.7 Å². The molecule has 2 N–H and O–H groups in total. The second-order valence-corrected chi connectivity index (χ2v) is 7.94. The minimum atomic E-state index is 0.0197. The summed E-state index contributed by atoms with van der Waals surface area (Å²) in [5.74, 6) is 0.850. The molecule has 1 saturated carbocycles. The van der Waals surface area contributed by atoms with Gasteiger partial charge in [0.2, 0.25) is 0 Å². The summed E-state index contributed by atoms with van der Waals surface area (Å²) in [6.07, 6.45) is 4.80. The Kier molecular flexibility index (Phi) is 5.33. The van der Waals surface area contributed by atoms with Crippen molar-refractivity contribution in [3.8, 4) is 0 Å². The topological polar surface area (TPSA) is 79.4 Å². The van der Waals surface area contributed by atoms with E-state index in [0.717, 1.165) is 85.1 Å². The molecule has 3 heterocycles. The molecule has 0 aromatic carbocycles. The minimum absolute atomic E-state index is 0.0197. The molecule has 0 unspecified atom stereocenters. The summed E-state index contributed by atoms with van der Waals surface area (Å²) in [4.78, 5) is 25.3. The zero-order valence-corrected chi connectivity index (χ0v) is 15.9. The van der Waals surface area contributed by atoms with E-state index in [4.69, 9.17) is 4.74 Å². The van der Waals surface area contributed by atoms with Crippen molar-refractivity contribution in [2.24, 2.45) is 0 Å². The molecule has 2 aromatic rings. The van der Waals surface area contributed by atoms with Crippen molar-refractivity contribution in [3.63, 3.8) is 0 Å². The van der Waals surface area contributed by atoms with Crippen molar-refractivity contribution < 1.29 is 9.53 Å². The van der Waals surface area contributed by atoms with Gasteiger partial charge in [-0.1, -0.05) is 0 Å². The van der Waals surface area contributed by atoms with Crippen LogP contribution in [-0.4, -0.2) is 66.2 Å². The quantitative estimate of drug-likeness (QED) is 0.721. The lowest BCUT2D eigenvalue weighted by molar-refractivity contribution is 0.0378. The molecule has 8 heteroatoms. The number of rotatable bonds is 7. The average Bonchev–Trinajstić information content (AvgIpc) is 3.41. The van der Waals surface area contributed by atoms with Crippen LogP contribution in [0.15, 0.2) is 6.33 Å². The van der Waals surface area contributed by atoms with Gasteiger partial charge >= 0.3 is 0 Å². The van der Waals surface area contributed by atoms with Crippen LogP contribution >= 0.6 is 11.3 Å². The highest BCUT2D eigenvalue weighted by Gasteiger charge is 2.26. The van der Waals surface area contributed by atoms with Gasteiger partial charge in [0.05, 0.1) is 23.5 Å². The number of nitrogens with one attached hydrogen (secondary N) is 2. The standard InChI is InChI=1S/C18H25N5O2S/c1-12-14-16(19-5-2-6-23-7-9-25-10-8-23)20-11-21-18(14)26-15(12)17(24)22-13-3-4-13/h11,13H,2-10H2,1H3,(H,22,24)(H,19,20,21). The lowest BCUT2D eigenvalue weighted by Gasteiger charge is -2.26. The number of carbonyl (C=O) groups excluding carboxylic acids is 1. The fraction of sp³-hybridized carbons (Fsp3) is 0.611. The summed E-state index contributed by atoms with van der Waals surface area (Å²) in [6.45, 7) is 7.59. The first-order valence-electron chi connectivity index (χ1n) is 9.31. The molecular weight excluding hydrogens is 350 g/mol. The molecule has 1 aliphatic carbocycles. The van der Waals surface area contributed by atoms with Crippen LogP contribution < -0.4 is 10.6 Å². The van der Waals surface area contributed by atoms with E-state index in [1.807, 2.05) is 6.92 Å². The zero-order valence-electron chi connectivity index (χ0n) is 15.1. The first kappa shape index (κ1) is 17.6. The Balaban J connectivity index is 1.41. The van der Waals surface area contributed by atoms with Crippen molar-refractivity contribution in [3.05, 3.63) is 16.8 Å². The molecule has 2 aromatic heterocycles. The highest BCUT2D eigenvalue weighted by Crippen LogP contribution is 2.33. The van der Waals surface area contributed by atoms with Crippen LogP contribution in [0.2, 0.25) is 0 Å². The number of aryl methyl sites for hydroxylation is 1. The summed E-state index contributed by atoms with van der Waals surface area (Å²) in [7, 11) is 0. The number of amides is 1. The predicted octanol–water partition coefficient (Wildman–Crippen LogP) is 2.03. The highest BCUT2D eigenvalue weighted by atomic mass is 32.1. The van der Waals surface area contributed by atoms with E-state index in [9.17, 15) is 4.79 Å². The van der Waals surface area contributed by atoms with Crippen LogP contribution in [0.3, 0.4) is 0 Å². The molecule has 0 atom stereocenters. The Morgan fingerprint density at radius 2 is 2.15 bits per heavy atom. The molecule has 0 radical (unpaired) electrons. The number of hydrogen-bond acceptors (Lipinski definition) is 7. The average molecular weight is 375 g/mol. The second-order valence-electron chi connectivity index (χ2n) is 6.94. The summed E-state index contributed by atoms with van der Waals surface area (Å²) < 4.78 is 5.38. The normalized spacial score (nSPS) is 18.2. The molecule has 1 aliphatic heterocycles. The van der Waals surface area contributed by atoms with Crippen LogP contribution in [-0.2, 0) is 4.74 Å². The van der Waals surface area contributed by atoms with E-state index < -0.39 is 0 Å². The Labute approximate surface area is 157 Å². The summed E-state index contributed by atoms with van der Waals surface area (Å²) in [5.41, 5.74) is 0.972. The van der Waals surface area contributed by atoms with Crippen molar-refractivity contribution in [1.82, 2.24) is 20.2 Å². The molecule has 2 fully saturated rings. The van der Waals surface area contributed by atoms with E-state index >= 15 is 0 Å². The summed E-state index contributed by atoms with van der Waals surface area (Å²) in [6, 6.07) is 0.357. The minimum Gasteiger partial charge on any atom is -0.379 e. The fourth-order valence-corrected chi connectivity index (χ4v) is 4.29. The Morgan fingerprint density at radius 3 is 2.92 bits per heavy atom. The van der Waals surface area contributed by atoms with Crippen LogP contribution in [0, 0.1) is 6.92 Å². The summed E-state index contributed by atoms with van der Waals surface area (Å²) in [5, 5.41) is 7.48. The van der Waals surface area contributed by atoms with Crippen LogP contribution in [0.4, 0.5) is 5.82 Å². The highest BCUT2D eigenvalue weighted by molar-refractivity contribution is 7.20. The molecule has 7 nitrogen and oxygen atoms in total. The van der Waals surface area contributed by atoms with Crippen molar-refractivity contribution >= 4 is 33.3 Å². The molecular formula is C18H25N5O2S. The van der Waals surface area contributed by atoms with E-state index in [0.29, 0.717) is 6.04 Å². The smallest absolute Gasteiger partial charge is 0.261 e. The molecule has 140 valence electrons. The van der Waals surface area contributed by atoms with Crippen LogP contribution in [0.1, 0.15) is 34.5 Å². The van der Waals surface area contributed by atoms with E-state index in [2.05, 4.69) is 25.5 Å². The number of nitrogens with zero attached hydrogens (tertiary/aromatic N) is 3. The van der Waals surface area contributed by atoms with Crippen LogP contribution in [0.5, 0.6) is 0 Å². The summed E-state index contributed by atoms with van der Waals surface area (Å²) >= 11 is 1.45. The van der Waals surface area contributed by atoms with Crippen molar-refractivity contribution in [1.29, 1.82) is 0 Å². The first-order valence-corrected chi connectivity index (χ1v) is 10.1. The predicted molar refractivity (Wildman–Crippen MR) is 103 cm³/mol. The molecule has 26 heavy (non-hydrogen) atoms. The lowest BCUT2D eigenvalue weighted by atomic mass is 10.2. The van der Waals surface area contributed by atoms with Crippen molar-refractivity contribution in [2.45, 2.75) is 32.2 Å². The molecule has 1 amide bonds. The van der Waals surface area contributed by atoms with Gasteiger partial charge in [-0.3, -0.25) is 9.69 Å². The van der Waals surface area contributed by atoms with Crippen LogP contribution in [0.25, 0.3) is 10.2 Å². The number of fused-ring (bicyclic) bond motifs is 1.